The summed E-state index contributed by atoms with van der Waals surface area (Å²) in [6, 6.07) is 0. The van der Waals surface area contributed by atoms with Crippen molar-refractivity contribution in [3.05, 3.63) is 35.1 Å². The Morgan fingerprint density at radius 3 is 2.78 bits per heavy atom. The van der Waals surface area contributed by atoms with Crippen LogP contribution >= 0.6 is 0 Å². The molecule has 6 heteroatoms. The molecule has 0 N–H and O–H groups in total. The van der Waals surface area contributed by atoms with Gasteiger partial charge in [-0.3, -0.25) is 0 Å². The number of rotatable bonds is 3. The monoisotopic (exact) mass is 444 g/mol. The zero-order valence-electron chi connectivity index (χ0n) is 19.5. The number of hydrogen-bond donors (Lipinski definition) is 0. The van der Waals surface area contributed by atoms with Crippen molar-refractivity contribution >= 4 is 11.9 Å². The van der Waals surface area contributed by atoms with Gasteiger partial charge >= 0.3 is 17.6 Å². The van der Waals surface area contributed by atoms with E-state index >= 15 is 4.39 Å². The van der Waals surface area contributed by atoms with Crippen molar-refractivity contribution in [2.45, 2.75) is 77.0 Å². The van der Waals surface area contributed by atoms with Gasteiger partial charge in [0.05, 0.1) is 19.5 Å². The Balaban J connectivity index is 1.49. The van der Waals surface area contributed by atoms with Crippen molar-refractivity contribution in [1.82, 2.24) is 0 Å². The van der Waals surface area contributed by atoms with E-state index < -0.39 is 28.6 Å². The first-order valence-corrected chi connectivity index (χ1v) is 11.9. The van der Waals surface area contributed by atoms with Gasteiger partial charge in [0, 0.05) is 23.7 Å². The van der Waals surface area contributed by atoms with Crippen LogP contribution in [0.3, 0.4) is 0 Å². The van der Waals surface area contributed by atoms with E-state index in [1.807, 2.05) is 0 Å². The lowest BCUT2D eigenvalue weighted by Gasteiger charge is -2.53. The summed E-state index contributed by atoms with van der Waals surface area (Å²) in [5.41, 5.74) is -1.27. The maximum absolute atomic E-state index is 15.6. The van der Waals surface area contributed by atoms with Crippen molar-refractivity contribution in [2.24, 2.45) is 22.7 Å². The van der Waals surface area contributed by atoms with Crippen molar-refractivity contribution in [2.75, 3.05) is 13.7 Å². The molecule has 0 bridgehead atoms. The third-order valence-corrected chi connectivity index (χ3v) is 9.41. The van der Waals surface area contributed by atoms with Gasteiger partial charge in [-0.15, -0.1) is 0 Å². The van der Waals surface area contributed by atoms with E-state index in [2.05, 4.69) is 32.1 Å². The number of esters is 2. The molecule has 0 amide bonds. The van der Waals surface area contributed by atoms with Crippen LogP contribution in [0, 0.1) is 22.7 Å². The summed E-state index contributed by atoms with van der Waals surface area (Å²) >= 11 is 0. The summed E-state index contributed by atoms with van der Waals surface area (Å²) in [4.78, 5) is 25.0. The zero-order valence-corrected chi connectivity index (χ0v) is 19.5. The van der Waals surface area contributed by atoms with Gasteiger partial charge in [-0.05, 0) is 62.5 Å². The molecular formula is C26H33FO5. The number of allylic oxidation sites excluding steroid dienone is 6. The van der Waals surface area contributed by atoms with E-state index in [1.165, 1.54) is 11.1 Å². The molecule has 1 spiro atoms. The Labute approximate surface area is 189 Å². The number of hydrogen-bond acceptors (Lipinski definition) is 5. The molecule has 174 valence electrons. The minimum absolute atomic E-state index is 0.0108. The van der Waals surface area contributed by atoms with Crippen LogP contribution in [-0.4, -0.2) is 36.9 Å². The van der Waals surface area contributed by atoms with Gasteiger partial charge in [0.1, 0.15) is 5.60 Å². The lowest BCUT2D eigenvalue weighted by Crippen LogP contribution is -2.51. The normalized spacial score (nSPS) is 44.5. The Kier molecular flexibility index (Phi) is 4.71. The number of carbonyl (C=O) groups is 2. The molecule has 6 atom stereocenters. The van der Waals surface area contributed by atoms with Gasteiger partial charge in [-0.1, -0.05) is 31.6 Å². The first-order chi connectivity index (χ1) is 15.1. The van der Waals surface area contributed by atoms with Crippen LogP contribution < -0.4 is 0 Å². The van der Waals surface area contributed by atoms with Crippen LogP contribution in [0.4, 0.5) is 4.39 Å². The second-order valence-corrected chi connectivity index (χ2v) is 10.7. The van der Waals surface area contributed by atoms with Gasteiger partial charge in [-0.25, -0.2) is 14.0 Å². The first-order valence-electron chi connectivity index (χ1n) is 11.9. The largest absolute Gasteiger partial charge is 0.501 e. The van der Waals surface area contributed by atoms with Crippen LogP contribution in [0.15, 0.2) is 35.1 Å². The molecule has 5 nitrogen and oxygen atoms in total. The highest BCUT2D eigenvalue weighted by molar-refractivity contribution is 6.05. The van der Waals surface area contributed by atoms with E-state index in [0.717, 1.165) is 37.9 Å². The molecule has 0 radical (unpaired) electrons. The van der Waals surface area contributed by atoms with Gasteiger partial charge in [-0.2, -0.15) is 0 Å². The molecule has 5 rings (SSSR count). The molecule has 0 aromatic rings. The van der Waals surface area contributed by atoms with Gasteiger partial charge in [0.25, 0.3) is 0 Å². The molecule has 0 aromatic carbocycles. The second-order valence-electron chi connectivity index (χ2n) is 10.7. The Morgan fingerprint density at radius 1 is 1.28 bits per heavy atom. The Hall–Kier alpha value is -2.11. The molecule has 1 saturated heterocycles. The van der Waals surface area contributed by atoms with Crippen molar-refractivity contribution in [3.63, 3.8) is 0 Å². The lowest BCUT2D eigenvalue weighted by atomic mass is 9.51. The second kappa shape index (κ2) is 6.94. The third-order valence-electron chi connectivity index (χ3n) is 9.41. The topological polar surface area (TPSA) is 61.8 Å². The van der Waals surface area contributed by atoms with Gasteiger partial charge in [0.15, 0.2) is 0 Å². The molecule has 4 aliphatic carbocycles. The van der Waals surface area contributed by atoms with Crippen LogP contribution in [0.25, 0.3) is 0 Å². The number of fused-ring (bicyclic) bond motifs is 6. The quantitative estimate of drug-likeness (QED) is 0.350. The number of methoxy groups -OCH3 is 1. The van der Waals surface area contributed by atoms with E-state index in [4.69, 9.17) is 14.2 Å². The number of halogens is 1. The Morgan fingerprint density at radius 2 is 2.06 bits per heavy atom. The average molecular weight is 445 g/mol. The van der Waals surface area contributed by atoms with Crippen LogP contribution in [0.2, 0.25) is 0 Å². The van der Waals surface area contributed by atoms with E-state index in [1.54, 1.807) is 14.0 Å². The van der Waals surface area contributed by atoms with E-state index in [0.29, 0.717) is 12.3 Å². The number of carbonyl (C=O) groups excluding carboxylic acids is 2. The summed E-state index contributed by atoms with van der Waals surface area (Å²) in [5, 5.41) is 0. The molecule has 1 heterocycles. The molecular weight excluding hydrogens is 411 g/mol. The summed E-state index contributed by atoms with van der Waals surface area (Å²) in [6.07, 6.45) is 11.7. The predicted molar refractivity (Wildman–Crippen MR) is 116 cm³/mol. The summed E-state index contributed by atoms with van der Waals surface area (Å²) in [7, 11) is 1.73. The highest BCUT2D eigenvalue weighted by Crippen LogP contribution is 2.68. The SMILES string of the molecule is CCOC(=O)C1(F)C[C@@]2(CCC3C4CC=C5C=C(OC)CCC5(C)C4=CCC32C)OC1=O. The summed E-state index contributed by atoms with van der Waals surface area (Å²) in [6.45, 7) is 6.11. The maximum Gasteiger partial charge on any atom is 0.356 e. The van der Waals surface area contributed by atoms with E-state index in [-0.39, 0.29) is 24.4 Å². The molecule has 2 fully saturated rings. The summed E-state index contributed by atoms with van der Waals surface area (Å²) < 4.78 is 31.8. The third kappa shape index (κ3) is 2.61. The molecule has 0 aromatic heterocycles. The fourth-order valence-corrected chi connectivity index (χ4v) is 7.48. The molecule has 5 unspecified atom stereocenters. The molecule has 1 aliphatic heterocycles. The number of ether oxygens (including phenoxy) is 3. The molecule has 1 saturated carbocycles. The molecule has 32 heavy (non-hydrogen) atoms. The highest BCUT2D eigenvalue weighted by atomic mass is 19.1. The van der Waals surface area contributed by atoms with Crippen LogP contribution in [-0.2, 0) is 23.8 Å². The highest BCUT2D eigenvalue weighted by Gasteiger charge is 2.73. The Bertz CT molecular complexity index is 965. The zero-order chi connectivity index (χ0) is 22.9. The first kappa shape index (κ1) is 21.7. The molecule has 5 aliphatic rings. The minimum Gasteiger partial charge on any atom is -0.501 e. The van der Waals surface area contributed by atoms with Crippen molar-refractivity contribution in [1.29, 1.82) is 0 Å². The predicted octanol–water partition coefficient (Wildman–Crippen LogP) is 4.97. The van der Waals surface area contributed by atoms with Crippen molar-refractivity contribution in [3.8, 4) is 0 Å². The number of alkyl halides is 1. The van der Waals surface area contributed by atoms with Crippen LogP contribution in [0.5, 0.6) is 0 Å². The fraction of sp³-hybridized carbons (Fsp3) is 0.692. The minimum atomic E-state index is -2.70. The smallest absolute Gasteiger partial charge is 0.356 e. The van der Waals surface area contributed by atoms with Gasteiger partial charge < -0.3 is 14.2 Å². The average Bonchev–Trinajstić information content (AvgIpc) is 3.20. The van der Waals surface area contributed by atoms with E-state index in [9.17, 15) is 9.59 Å². The lowest BCUT2D eigenvalue weighted by molar-refractivity contribution is -0.170. The van der Waals surface area contributed by atoms with Gasteiger partial charge in [0.2, 0.25) is 0 Å². The standard InChI is InChI=1S/C26H33FO5/c1-5-31-21(28)26(27)15-25(32-22(26)29)13-10-20-18-7-6-16-14-17(30-4)8-11-23(16,2)19(18)9-12-24(20,25)3/h6,9,14,18,20H,5,7-8,10-13,15H2,1-4H3/t18?,20?,23?,24?,25-,26?/m1/s1. The fourth-order valence-electron chi connectivity index (χ4n) is 7.48. The maximum atomic E-state index is 15.6. The van der Waals surface area contributed by atoms with Crippen molar-refractivity contribution < 1.29 is 28.2 Å². The summed E-state index contributed by atoms with van der Waals surface area (Å²) in [5.74, 6) is -0.529. The van der Waals surface area contributed by atoms with Crippen LogP contribution in [0.1, 0.15) is 65.7 Å².